The molecule has 0 bridgehead atoms. The van der Waals surface area contributed by atoms with Crippen molar-refractivity contribution in [3.63, 3.8) is 0 Å². The van der Waals surface area contributed by atoms with Gasteiger partial charge in [0.1, 0.15) is 17.5 Å². The zero-order valence-electron chi connectivity index (χ0n) is 14.9. The molecule has 28 heavy (non-hydrogen) atoms. The highest BCUT2D eigenvalue weighted by molar-refractivity contribution is 6.30. The summed E-state index contributed by atoms with van der Waals surface area (Å²) in [5, 5.41) is 16.3. The van der Waals surface area contributed by atoms with Gasteiger partial charge >= 0.3 is 0 Å². The molecular weight excluding hydrogens is 381 g/mol. The molecule has 2 aromatic rings. The van der Waals surface area contributed by atoms with Crippen LogP contribution in [0.3, 0.4) is 0 Å². The minimum absolute atomic E-state index is 0.0372. The summed E-state index contributed by atoms with van der Waals surface area (Å²) in [5.74, 6) is 1.01. The number of nitrogens with one attached hydrogen (secondary N) is 1. The number of rotatable bonds is 5. The van der Waals surface area contributed by atoms with Gasteiger partial charge in [0.05, 0.1) is 17.3 Å². The molecule has 4 rings (SSSR count). The fourth-order valence-electron chi connectivity index (χ4n) is 3.21. The standard InChI is InChI=1S/C20H17ClFN5O/c21-16-8-12(3-4-17(16)22)9-18(27-28)14-5-7-24-20-15(14)10-19(26-20)25-11-13-2-1-6-23-13/h1,3-8,28H,2,9-11H2,(H,24,25,26)/b27-18+. The first-order valence-electron chi connectivity index (χ1n) is 8.78. The Labute approximate surface area is 166 Å². The molecule has 0 aliphatic carbocycles. The molecule has 0 fully saturated rings. The number of oxime groups is 1. The van der Waals surface area contributed by atoms with Crippen LogP contribution in [0.2, 0.25) is 5.02 Å². The molecule has 0 saturated carbocycles. The van der Waals surface area contributed by atoms with Crippen LogP contribution in [0.1, 0.15) is 23.1 Å². The molecule has 0 spiro atoms. The van der Waals surface area contributed by atoms with E-state index in [0.29, 0.717) is 30.9 Å². The maximum atomic E-state index is 13.4. The molecule has 0 atom stereocenters. The van der Waals surface area contributed by atoms with E-state index >= 15 is 0 Å². The molecule has 3 heterocycles. The number of halogens is 2. The molecule has 1 aromatic heterocycles. The quantitative estimate of drug-likeness (QED) is 0.454. The molecule has 6 nitrogen and oxygen atoms in total. The molecule has 8 heteroatoms. The Morgan fingerprint density at radius 2 is 2.21 bits per heavy atom. The van der Waals surface area contributed by atoms with Crippen molar-refractivity contribution < 1.29 is 9.60 Å². The van der Waals surface area contributed by atoms with Crippen molar-refractivity contribution in [2.75, 3.05) is 11.9 Å². The summed E-state index contributed by atoms with van der Waals surface area (Å²) in [5.41, 5.74) is 3.90. The molecule has 0 saturated heterocycles. The lowest BCUT2D eigenvalue weighted by Crippen LogP contribution is -2.11. The topological polar surface area (TPSA) is 82.2 Å². The van der Waals surface area contributed by atoms with Gasteiger partial charge in [-0.15, -0.1) is 0 Å². The average Bonchev–Trinajstić information content (AvgIpc) is 3.36. The predicted octanol–water partition coefficient (Wildman–Crippen LogP) is 4.02. The largest absolute Gasteiger partial charge is 0.411 e. The van der Waals surface area contributed by atoms with Gasteiger partial charge < -0.3 is 10.5 Å². The molecular formula is C20H17ClFN5O. The summed E-state index contributed by atoms with van der Waals surface area (Å²) in [7, 11) is 0. The first kappa shape index (κ1) is 18.3. The fourth-order valence-corrected chi connectivity index (χ4v) is 3.42. The molecule has 0 unspecified atom stereocenters. The summed E-state index contributed by atoms with van der Waals surface area (Å²) in [4.78, 5) is 13.2. The van der Waals surface area contributed by atoms with Crippen LogP contribution in [-0.2, 0) is 12.8 Å². The van der Waals surface area contributed by atoms with Gasteiger partial charge in [-0.1, -0.05) is 28.9 Å². The van der Waals surface area contributed by atoms with Crippen LogP contribution in [0, 0.1) is 5.82 Å². The lowest BCUT2D eigenvalue weighted by atomic mass is 9.98. The van der Waals surface area contributed by atoms with E-state index in [1.54, 1.807) is 24.5 Å². The summed E-state index contributed by atoms with van der Waals surface area (Å²) in [6.07, 6.45) is 7.13. The third-order valence-electron chi connectivity index (χ3n) is 4.62. The van der Waals surface area contributed by atoms with Crippen LogP contribution in [0.5, 0.6) is 0 Å². The van der Waals surface area contributed by atoms with Gasteiger partial charge in [0.2, 0.25) is 0 Å². The Morgan fingerprint density at radius 1 is 1.32 bits per heavy atom. The van der Waals surface area contributed by atoms with Crippen molar-refractivity contribution in [2.24, 2.45) is 15.1 Å². The van der Waals surface area contributed by atoms with E-state index in [4.69, 9.17) is 11.6 Å². The maximum absolute atomic E-state index is 13.4. The van der Waals surface area contributed by atoms with Gasteiger partial charge in [0.15, 0.2) is 0 Å². The highest BCUT2D eigenvalue weighted by Crippen LogP contribution is 2.26. The number of allylic oxidation sites excluding steroid dienone is 1. The van der Waals surface area contributed by atoms with Gasteiger partial charge in [-0.3, -0.25) is 9.98 Å². The number of fused-ring (bicyclic) bond motifs is 1. The molecule has 1 aromatic carbocycles. The van der Waals surface area contributed by atoms with E-state index in [9.17, 15) is 9.60 Å². The molecule has 2 aliphatic heterocycles. The minimum Gasteiger partial charge on any atom is -0.411 e. The Bertz CT molecular complexity index is 1040. The number of amidine groups is 1. The molecule has 142 valence electrons. The fraction of sp³-hybridized carbons (Fsp3) is 0.200. The number of nitrogens with zero attached hydrogens (tertiary/aromatic N) is 4. The second-order valence-corrected chi connectivity index (χ2v) is 6.91. The Hall–Kier alpha value is -3.06. The second kappa shape index (κ2) is 7.90. The van der Waals surface area contributed by atoms with E-state index < -0.39 is 5.82 Å². The SMILES string of the molecule is O/N=C(\Cc1ccc(F)c(Cl)c1)c1ccnc2c1CC(=NCC1=NC=CC1)N2. The number of benzene rings is 1. The van der Waals surface area contributed by atoms with Crippen molar-refractivity contribution in [1.29, 1.82) is 0 Å². The molecule has 2 N–H and O–H groups in total. The van der Waals surface area contributed by atoms with Crippen LogP contribution in [0.4, 0.5) is 10.2 Å². The number of aromatic nitrogens is 1. The Kier molecular flexibility index (Phi) is 5.16. The van der Waals surface area contributed by atoms with E-state index in [2.05, 4.69) is 25.4 Å². The third kappa shape index (κ3) is 3.80. The molecule has 0 amide bonds. The second-order valence-electron chi connectivity index (χ2n) is 6.51. The van der Waals surface area contributed by atoms with Crippen LogP contribution in [0.25, 0.3) is 0 Å². The van der Waals surface area contributed by atoms with Crippen molar-refractivity contribution in [3.05, 3.63) is 70.3 Å². The van der Waals surface area contributed by atoms with Gasteiger partial charge in [-0.05, 0) is 23.8 Å². The first-order valence-corrected chi connectivity index (χ1v) is 9.16. The zero-order valence-corrected chi connectivity index (χ0v) is 15.6. The monoisotopic (exact) mass is 397 g/mol. The number of anilines is 1. The number of aliphatic imine (C=N–C) groups is 2. The van der Waals surface area contributed by atoms with Gasteiger partial charge in [-0.25, -0.2) is 9.37 Å². The number of hydrogen-bond donors (Lipinski definition) is 2. The van der Waals surface area contributed by atoms with E-state index in [0.717, 1.165) is 34.7 Å². The third-order valence-corrected chi connectivity index (χ3v) is 4.91. The zero-order chi connectivity index (χ0) is 19.5. The average molecular weight is 398 g/mol. The predicted molar refractivity (Wildman–Crippen MR) is 108 cm³/mol. The highest BCUT2D eigenvalue weighted by Gasteiger charge is 2.23. The maximum Gasteiger partial charge on any atom is 0.141 e. The normalized spacial score (nSPS) is 17.0. The summed E-state index contributed by atoms with van der Waals surface area (Å²) in [6.45, 7) is 0.535. The van der Waals surface area contributed by atoms with Gasteiger partial charge in [0.25, 0.3) is 0 Å². The molecule has 2 aliphatic rings. The molecule has 0 radical (unpaired) electrons. The first-order chi connectivity index (χ1) is 13.6. The highest BCUT2D eigenvalue weighted by atomic mass is 35.5. The smallest absolute Gasteiger partial charge is 0.141 e. The van der Waals surface area contributed by atoms with E-state index in [1.807, 2.05) is 6.08 Å². The van der Waals surface area contributed by atoms with Crippen molar-refractivity contribution in [1.82, 2.24) is 4.98 Å². The van der Waals surface area contributed by atoms with E-state index in [1.165, 1.54) is 12.1 Å². The summed E-state index contributed by atoms with van der Waals surface area (Å²) < 4.78 is 13.4. The summed E-state index contributed by atoms with van der Waals surface area (Å²) >= 11 is 5.86. The van der Waals surface area contributed by atoms with Crippen LogP contribution in [0.15, 0.2) is 57.9 Å². The van der Waals surface area contributed by atoms with Crippen molar-refractivity contribution >= 4 is 34.7 Å². The van der Waals surface area contributed by atoms with Crippen LogP contribution in [-0.4, -0.2) is 34.0 Å². The van der Waals surface area contributed by atoms with Gasteiger partial charge in [-0.2, -0.15) is 0 Å². The van der Waals surface area contributed by atoms with E-state index in [-0.39, 0.29) is 5.02 Å². The van der Waals surface area contributed by atoms with Crippen LogP contribution < -0.4 is 5.32 Å². The Morgan fingerprint density at radius 3 is 2.96 bits per heavy atom. The van der Waals surface area contributed by atoms with Gasteiger partial charge in [0, 0.05) is 48.5 Å². The van der Waals surface area contributed by atoms with Crippen LogP contribution >= 0.6 is 11.6 Å². The number of hydrogen-bond acceptors (Lipinski definition) is 5. The van der Waals surface area contributed by atoms with Crippen molar-refractivity contribution in [3.8, 4) is 0 Å². The summed E-state index contributed by atoms with van der Waals surface area (Å²) in [6, 6.07) is 6.26. The van der Waals surface area contributed by atoms with Crippen molar-refractivity contribution in [2.45, 2.75) is 19.3 Å². The minimum atomic E-state index is -0.482. The lowest BCUT2D eigenvalue weighted by molar-refractivity contribution is 0.318. The Balaban J connectivity index is 1.55. The lowest BCUT2D eigenvalue weighted by Gasteiger charge is -2.09. The number of pyridine rings is 1.